The number of imidazole rings is 1. The number of nitrogen functional groups attached to an aromatic ring is 1. The van der Waals surface area contributed by atoms with Crippen molar-refractivity contribution in [3.8, 4) is 11.3 Å². The number of aromatic nitrogens is 2. The summed E-state index contributed by atoms with van der Waals surface area (Å²) in [5.74, 6) is 1.78. The van der Waals surface area contributed by atoms with Gasteiger partial charge in [0.25, 0.3) is 0 Å². The summed E-state index contributed by atoms with van der Waals surface area (Å²) in [6.45, 7) is 3.34. The van der Waals surface area contributed by atoms with Crippen molar-refractivity contribution in [2.45, 2.75) is 32.2 Å². The molecule has 0 fully saturated rings. The molecule has 17 heavy (non-hydrogen) atoms. The fourth-order valence-corrected chi connectivity index (χ4v) is 2.54. The van der Waals surface area contributed by atoms with Gasteiger partial charge < -0.3 is 10.3 Å². The first-order chi connectivity index (χ1) is 8.24. The monoisotopic (exact) mass is 227 g/mol. The van der Waals surface area contributed by atoms with Gasteiger partial charge in [0, 0.05) is 29.9 Å². The van der Waals surface area contributed by atoms with Crippen LogP contribution in [0.1, 0.15) is 31.5 Å². The Morgan fingerprint density at radius 3 is 3.06 bits per heavy atom. The van der Waals surface area contributed by atoms with E-state index in [1.54, 1.807) is 0 Å². The van der Waals surface area contributed by atoms with Crippen molar-refractivity contribution >= 4 is 5.69 Å². The van der Waals surface area contributed by atoms with Crippen molar-refractivity contribution in [3.63, 3.8) is 0 Å². The van der Waals surface area contributed by atoms with Crippen molar-refractivity contribution in [2.24, 2.45) is 0 Å². The van der Waals surface area contributed by atoms with Gasteiger partial charge in [0.1, 0.15) is 5.82 Å². The fourth-order valence-electron chi connectivity index (χ4n) is 2.54. The van der Waals surface area contributed by atoms with Crippen molar-refractivity contribution in [1.29, 1.82) is 0 Å². The Kier molecular flexibility index (Phi) is 2.39. The van der Waals surface area contributed by atoms with Gasteiger partial charge in [-0.15, -0.1) is 0 Å². The molecule has 0 saturated heterocycles. The maximum atomic E-state index is 5.81. The molecule has 0 radical (unpaired) electrons. The summed E-state index contributed by atoms with van der Waals surface area (Å²) >= 11 is 0. The number of aryl methyl sites for hydroxylation is 1. The molecule has 3 nitrogen and oxygen atoms in total. The topological polar surface area (TPSA) is 43.8 Å². The second kappa shape index (κ2) is 3.91. The number of fused-ring (bicyclic) bond motifs is 1. The number of hydrogen-bond donors (Lipinski definition) is 1. The van der Waals surface area contributed by atoms with Crippen LogP contribution in [0.15, 0.2) is 30.5 Å². The molecular formula is C14H17N3. The Morgan fingerprint density at radius 1 is 1.41 bits per heavy atom. The smallest absolute Gasteiger partial charge is 0.112 e. The number of nitrogens with zero attached hydrogens (tertiary/aromatic N) is 2. The van der Waals surface area contributed by atoms with Gasteiger partial charge in [0.2, 0.25) is 0 Å². The molecule has 0 aliphatic carbocycles. The molecule has 0 bridgehead atoms. The van der Waals surface area contributed by atoms with E-state index >= 15 is 0 Å². The highest BCUT2D eigenvalue weighted by Crippen LogP contribution is 2.29. The molecule has 0 saturated carbocycles. The maximum Gasteiger partial charge on any atom is 0.112 e. The van der Waals surface area contributed by atoms with E-state index in [1.807, 2.05) is 18.2 Å². The van der Waals surface area contributed by atoms with Crippen LogP contribution in [0.4, 0.5) is 5.69 Å². The van der Waals surface area contributed by atoms with Gasteiger partial charge in [-0.2, -0.15) is 0 Å². The van der Waals surface area contributed by atoms with Crippen LogP contribution in [0, 0.1) is 0 Å². The number of nitrogens with two attached hydrogens (primary N) is 1. The lowest BCUT2D eigenvalue weighted by Gasteiger charge is -2.19. The lowest BCUT2D eigenvalue weighted by molar-refractivity contribution is 0.463. The highest BCUT2D eigenvalue weighted by molar-refractivity contribution is 5.63. The van der Waals surface area contributed by atoms with E-state index in [1.165, 1.54) is 18.7 Å². The van der Waals surface area contributed by atoms with Gasteiger partial charge in [-0.05, 0) is 25.0 Å². The summed E-state index contributed by atoms with van der Waals surface area (Å²) in [5, 5.41) is 0. The Bertz CT molecular complexity index is 542. The summed E-state index contributed by atoms with van der Waals surface area (Å²) in [6.07, 6.45) is 4.65. The molecule has 1 atom stereocenters. The molecule has 0 unspecified atom stereocenters. The average molecular weight is 227 g/mol. The Hall–Kier alpha value is -1.77. The predicted octanol–water partition coefficient (Wildman–Crippen LogP) is 3.03. The molecule has 3 rings (SSSR count). The maximum absolute atomic E-state index is 5.81. The Labute approximate surface area is 101 Å². The molecule has 1 aromatic carbocycles. The van der Waals surface area contributed by atoms with Gasteiger partial charge in [-0.1, -0.05) is 19.1 Å². The number of rotatable bonds is 1. The molecule has 2 N–H and O–H groups in total. The standard InChI is InChI=1S/C14H17N3/c1-10-4-3-7-17-9-13(16-14(10)17)11-5-2-6-12(15)8-11/h2,5-6,8-10H,3-4,7,15H2,1H3/t10-/m0/s1. The van der Waals surface area contributed by atoms with E-state index in [2.05, 4.69) is 23.8 Å². The second-order valence-corrected chi connectivity index (χ2v) is 4.85. The molecule has 0 spiro atoms. The van der Waals surface area contributed by atoms with E-state index in [4.69, 9.17) is 10.7 Å². The lowest BCUT2D eigenvalue weighted by Crippen LogP contribution is -2.12. The number of benzene rings is 1. The van der Waals surface area contributed by atoms with Gasteiger partial charge in [-0.3, -0.25) is 0 Å². The molecule has 2 heterocycles. The van der Waals surface area contributed by atoms with E-state index in [9.17, 15) is 0 Å². The Balaban J connectivity index is 2.05. The summed E-state index contributed by atoms with van der Waals surface area (Å²) in [5.41, 5.74) is 8.76. The number of anilines is 1. The zero-order valence-corrected chi connectivity index (χ0v) is 10.1. The van der Waals surface area contributed by atoms with Crippen LogP contribution in [0.25, 0.3) is 11.3 Å². The summed E-state index contributed by atoms with van der Waals surface area (Å²) in [6, 6.07) is 7.93. The van der Waals surface area contributed by atoms with Crippen LogP contribution in [0.3, 0.4) is 0 Å². The molecule has 88 valence electrons. The first-order valence-corrected chi connectivity index (χ1v) is 6.17. The largest absolute Gasteiger partial charge is 0.399 e. The Morgan fingerprint density at radius 2 is 2.29 bits per heavy atom. The van der Waals surface area contributed by atoms with Gasteiger partial charge in [0.05, 0.1) is 5.69 Å². The normalized spacial score (nSPS) is 19.0. The zero-order valence-electron chi connectivity index (χ0n) is 10.1. The highest BCUT2D eigenvalue weighted by atomic mass is 15.1. The average Bonchev–Trinajstić information content (AvgIpc) is 2.74. The van der Waals surface area contributed by atoms with E-state index in [0.29, 0.717) is 5.92 Å². The molecular weight excluding hydrogens is 210 g/mol. The second-order valence-electron chi connectivity index (χ2n) is 4.85. The quantitative estimate of drug-likeness (QED) is 0.761. The molecule has 2 aromatic rings. The SMILES string of the molecule is C[C@H]1CCCn2cc(-c3cccc(N)c3)nc21. The highest BCUT2D eigenvalue weighted by Gasteiger charge is 2.19. The lowest BCUT2D eigenvalue weighted by atomic mass is 10.0. The zero-order chi connectivity index (χ0) is 11.8. The summed E-state index contributed by atoms with van der Waals surface area (Å²) in [7, 11) is 0. The van der Waals surface area contributed by atoms with Gasteiger partial charge in [-0.25, -0.2) is 4.98 Å². The van der Waals surface area contributed by atoms with Crippen LogP contribution in [0.5, 0.6) is 0 Å². The molecule has 1 aliphatic heterocycles. The summed E-state index contributed by atoms with van der Waals surface area (Å²) in [4.78, 5) is 4.75. The first-order valence-electron chi connectivity index (χ1n) is 6.17. The number of hydrogen-bond acceptors (Lipinski definition) is 2. The predicted molar refractivity (Wildman–Crippen MR) is 69.7 cm³/mol. The van der Waals surface area contributed by atoms with Crippen LogP contribution in [-0.2, 0) is 6.54 Å². The molecule has 0 amide bonds. The van der Waals surface area contributed by atoms with Gasteiger partial charge >= 0.3 is 0 Å². The van der Waals surface area contributed by atoms with E-state index in [0.717, 1.165) is 23.5 Å². The van der Waals surface area contributed by atoms with E-state index < -0.39 is 0 Å². The molecule has 1 aliphatic rings. The van der Waals surface area contributed by atoms with Crippen LogP contribution >= 0.6 is 0 Å². The molecule has 1 aromatic heterocycles. The van der Waals surface area contributed by atoms with Crippen molar-refractivity contribution in [2.75, 3.05) is 5.73 Å². The third-order valence-corrected chi connectivity index (χ3v) is 3.47. The third-order valence-electron chi connectivity index (χ3n) is 3.47. The third kappa shape index (κ3) is 1.82. The van der Waals surface area contributed by atoms with Crippen LogP contribution in [0.2, 0.25) is 0 Å². The van der Waals surface area contributed by atoms with Crippen molar-refractivity contribution < 1.29 is 0 Å². The minimum Gasteiger partial charge on any atom is -0.399 e. The first kappa shape index (κ1) is 10.4. The van der Waals surface area contributed by atoms with Crippen LogP contribution < -0.4 is 5.73 Å². The van der Waals surface area contributed by atoms with Crippen molar-refractivity contribution in [3.05, 3.63) is 36.3 Å². The minimum absolute atomic E-state index is 0.568. The molecule has 3 heteroatoms. The van der Waals surface area contributed by atoms with Gasteiger partial charge in [0.15, 0.2) is 0 Å². The van der Waals surface area contributed by atoms with Crippen LogP contribution in [-0.4, -0.2) is 9.55 Å². The fraction of sp³-hybridized carbons (Fsp3) is 0.357. The van der Waals surface area contributed by atoms with Crippen molar-refractivity contribution in [1.82, 2.24) is 9.55 Å². The summed E-state index contributed by atoms with van der Waals surface area (Å²) < 4.78 is 2.28. The minimum atomic E-state index is 0.568. The van der Waals surface area contributed by atoms with E-state index in [-0.39, 0.29) is 0 Å².